The molecule has 0 saturated carbocycles. The summed E-state index contributed by atoms with van der Waals surface area (Å²) in [5.74, 6) is -0.215. The molecule has 0 heterocycles. The molecule has 16 heavy (non-hydrogen) atoms. The van der Waals surface area contributed by atoms with Gasteiger partial charge in [-0.15, -0.1) is 0 Å². The van der Waals surface area contributed by atoms with Gasteiger partial charge in [-0.25, -0.2) is 0 Å². The molecule has 0 unspecified atom stereocenters. The van der Waals surface area contributed by atoms with E-state index in [0.717, 1.165) is 0 Å². The zero-order valence-corrected chi connectivity index (χ0v) is 8.25. The molecule has 0 spiro atoms. The molecule has 0 saturated heterocycles. The Bertz CT molecular complexity index is 359. The number of hydrogen-bond acceptors (Lipinski definition) is 3. The van der Waals surface area contributed by atoms with E-state index < -0.39 is 12.8 Å². The van der Waals surface area contributed by atoms with Gasteiger partial charge in [0.05, 0.1) is 6.54 Å². The summed E-state index contributed by atoms with van der Waals surface area (Å²) in [6, 6.07) is 5.35. The molecule has 0 bridgehead atoms. The van der Waals surface area contributed by atoms with Crippen molar-refractivity contribution in [2.45, 2.75) is 6.18 Å². The van der Waals surface area contributed by atoms with Gasteiger partial charge in [0.2, 0.25) is 0 Å². The van der Waals surface area contributed by atoms with Crippen molar-refractivity contribution in [2.24, 2.45) is 5.73 Å². The average Bonchev–Trinajstić information content (AvgIpc) is 2.25. The topological polar surface area (TPSA) is 52.3 Å². The standard InChI is InChI=1S/C10H10F3NO2/c11-10(12,13)6-16-8-3-1-7(2-4-8)9(15)5-14/h1-4H,5-6,14H2. The summed E-state index contributed by atoms with van der Waals surface area (Å²) in [6.45, 7) is -1.49. The van der Waals surface area contributed by atoms with Crippen LogP contribution in [0, 0.1) is 0 Å². The van der Waals surface area contributed by atoms with E-state index in [1.54, 1.807) is 0 Å². The molecule has 3 nitrogen and oxygen atoms in total. The summed E-state index contributed by atoms with van der Waals surface area (Å²) in [7, 11) is 0. The Morgan fingerprint density at radius 2 is 1.81 bits per heavy atom. The fourth-order valence-electron chi connectivity index (χ4n) is 1.02. The first-order valence-corrected chi connectivity index (χ1v) is 4.45. The summed E-state index contributed by atoms with van der Waals surface area (Å²) in [6.07, 6.45) is -4.37. The Kier molecular flexibility index (Phi) is 3.89. The quantitative estimate of drug-likeness (QED) is 0.806. The first-order chi connectivity index (χ1) is 7.42. The smallest absolute Gasteiger partial charge is 0.422 e. The molecule has 0 atom stereocenters. The van der Waals surface area contributed by atoms with Crippen LogP contribution in [0.4, 0.5) is 13.2 Å². The van der Waals surface area contributed by atoms with Crippen LogP contribution >= 0.6 is 0 Å². The molecule has 1 rings (SSSR count). The van der Waals surface area contributed by atoms with Crippen LogP contribution in [-0.2, 0) is 0 Å². The number of nitrogens with two attached hydrogens (primary N) is 1. The van der Waals surface area contributed by atoms with Crippen molar-refractivity contribution in [1.82, 2.24) is 0 Å². The maximum absolute atomic E-state index is 11.8. The summed E-state index contributed by atoms with van der Waals surface area (Å²) in [5, 5.41) is 0. The number of halogens is 3. The second kappa shape index (κ2) is 4.98. The molecule has 0 fully saturated rings. The Balaban J connectivity index is 2.62. The third-order valence-corrected chi connectivity index (χ3v) is 1.76. The highest BCUT2D eigenvalue weighted by Gasteiger charge is 2.28. The van der Waals surface area contributed by atoms with Gasteiger partial charge >= 0.3 is 6.18 Å². The van der Waals surface area contributed by atoms with Gasteiger partial charge < -0.3 is 10.5 Å². The minimum absolute atomic E-state index is 0.0610. The molecule has 88 valence electrons. The van der Waals surface area contributed by atoms with Crippen LogP contribution in [-0.4, -0.2) is 25.1 Å². The monoisotopic (exact) mass is 233 g/mol. The lowest BCUT2D eigenvalue weighted by atomic mass is 10.1. The van der Waals surface area contributed by atoms with Crippen molar-refractivity contribution in [3.8, 4) is 5.75 Å². The van der Waals surface area contributed by atoms with Gasteiger partial charge in [-0.1, -0.05) is 0 Å². The fraction of sp³-hybridized carbons (Fsp3) is 0.300. The SMILES string of the molecule is NCC(=O)c1ccc(OCC(F)(F)F)cc1. The predicted octanol–water partition coefficient (Wildman–Crippen LogP) is 1.77. The minimum Gasteiger partial charge on any atom is -0.484 e. The van der Waals surface area contributed by atoms with Crippen LogP contribution in [0.25, 0.3) is 0 Å². The van der Waals surface area contributed by atoms with Crippen molar-refractivity contribution in [3.63, 3.8) is 0 Å². The lowest BCUT2D eigenvalue weighted by Crippen LogP contribution is -2.19. The van der Waals surface area contributed by atoms with Gasteiger partial charge in [-0.3, -0.25) is 4.79 Å². The molecule has 0 amide bonds. The maximum Gasteiger partial charge on any atom is 0.422 e. The van der Waals surface area contributed by atoms with E-state index in [4.69, 9.17) is 5.73 Å². The van der Waals surface area contributed by atoms with Gasteiger partial charge in [-0.2, -0.15) is 13.2 Å². The number of alkyl halides is 3. The number of ketones is 1. The third-order valence-electron chi connectivity index (χ3n) is 1.76. The van der Waals surface area contributed by atoms with Gasteiger partial charge in [-0.05, 0) is 24.3 Å². The largest absolute Gasteiger partial charge is 0.484 e. The summed E-state index contributed by atoms with van der Waals surface area (Å²) >= 11 is 0. The number of carbonyl (C=O) groups is 1. The predicted molar refractivity (Wildman–Crippen MR) is 51.4 cm³/mol. The normalized spacial score (nSPS) is 11.2. The van der Waals surface area contributed by atoms with Crippen molar-refractivity contribution in [1.29, 1.82) is 0 Å². The van der Waals surface area contributed by atoms with Crippen molar-refractivity contribution >= 4 is 5.78 Å². The summed E-state index contributed by atoms with van der Waals surface area (Å²) < 4.78 is 39.9. The van der Waals surface area contributed by atoms with E-state index >= 15 is 0 Å². The first kappa shape index (κ1) is 12.5. The number of hydrogen-bond donors (Lipinski definition) is 1. The molecule has 6 heteroatoms. The number of Topliss-reactive ketones (excluding diaryl/α,β-unsaturated/α-hetero) is 1. The van der Waals surface area contributed by atoms with E-state index in [-0.39, 0.29) is 18.1 Å². The molecule has 1 aromatic carbocycles. The summed E-state index contributed by atoms with van der Waals surface area (Å²) in [4.78, 5) is 11.1. The Morgan fingerprint density at radius 1 is 1.25 bits per heavy atom. The molecule has 0 aliphatic rings. The van der Waals surface area contributed by atoms with Crippen molar-refractivity contribution in [2.75, 3.05) is 13.2 Å². The molecule has 0 radical (unpaired) electrons. The van der Waals surface area contributed by atoms with Crippen molar-refractivity contribution < 1.29 is 22.7 Å². The Hall–Kier alpha value is -1.56. The average molecular weight is 233 g/mol. The van der Waals surface area contributed by atoms with Gasteiger partial charge in [0.15, 0.2) is 12.4 Å². The van der Waals surface area contributed by atoms with Gasteiger partial charge in [0.1, 0.15) is 5.75 Å². The van der Waals surface area contributed by atoms with E-state index in [2.05, 4.69) is 4.74 Å². The van der Waals surface area contributed by atoms with Crippen LogP contribution in [0.3, 0.4) is 0 Å². The number of ether oxygens (including phenoxy) is 1. The molecule has 0 aromatic heterocycles. The molecular weight excluding hydrogens is 223 g/mol. The van der Waals surface area contributed by atoms with Crippen molar-refractivity contribution in [3.05, 3.63) is 29.8 Å². The zero-order chi connectivity index (χ0) is 12.2. The van der Waals surface area contributed by atoms with E-state index in [1.165, 1.54) is 24.3 Å². The zero-order valence-electron chi connectivity index (χ0n) is 8.25. The highest BCUT2D eigenvalue weighted by atomic mass is 19.4. The van der Waals surface area contributed by atoms with Crippen LogP contribution in [0.2, 0.25) is 0 Å². The Morgan fingerprint density at radius 3 is 2.25 bits per heavy atom. The van der Waals surface area contributed by atoms with Gasteiger partial charge in [0.25, 0.3) is 0 Å². The number of rotatable bonds is 4. The molecule has 2 N–H and O–H groups in total. The first-order valence-electron chi connectivity index (χ1n) is 4.45. The van der Waals surface area contributed by atoms with E-state index in [1.807, 2.05) is 0 Å². The molecule has 0 aliphatic carbocycles. The second-order valence-corrected chi connectivity index (χ2v) is 3.06. The summed E-state index contributed by atoms with van der Waals surface area (Å²) in [5.41, 5.74) is 5.48. The van der Waals surface area contributed by atoms with Gasteiger partial charge in [0, 0.05) is 5.56 Å². The fourth-order valence-corrected chi connectivity index (χ4v) is 1.02. The van der Waals surface area contributed by atoms with E-state index in [9.17, 15) is 18.0 Å². The van der Waals surface area contributed by atoms with Crippen LogP contribution < -0.4 is 10.5 Å². The highest BCUT2D eigenvalue weighted by Crippen LogP contribution is 2.18. The maximum atomic E-state index is 11.8. The van der Waals surface area contributed by atoms with E-state index in [0.29, 0.717) is 5.56 Å². The number of benzene rings is 1. The highest BCUT2D eigenvalue weighted by molar-refractivity contribution is 5.97. The minimum atomic E-state index is -4.37. The van der Waals surface area contributed by atoms with Crippen LogP contribution in [0.1, 0.15) is 10.4 Å². The lowest BCUT2D eigenvalue weighted by molar-refractivity contribution is -0.153. The molecular formula is C10H10F3NO2. The molecule has 0 aliphatic heterocycles. The number of carbonyl (C=O) groups excluding carboxylic acids is 1. The molecule has 1 aromatic rings. The lowest BCUT2D eigenvalue weighted by Gasteiger charge is -2.09. The Labute approximate surface area is 90.0 Å². The van der Waals surface area contributed by atoms with Crippen LogP contribution in [0.15, 0.2) is 24.3 Å². The van der Waals surface area contributed by atoms with Crippen LogP contribution in [0.5, 0.6) is 5.75 Å². The second-order valence-electron chi connectivity index (χ2n) is 3.06. The third kappa shape index (κ3) is 3.90.